The fourth-order valence-corrected chi connectivity index (χ4v) is 1.46. The minimum atomic E-state index is -0.510. The van der Waals surface area contributed by atoms with Gasteiger partial charge in [0.15, 0.2) is 0 Å². The number of aldehydes is 1. The molecule has 0 N–H and O–H groups in total. The summed E-state index contributed by atoms with van der Waals surface area (Å²) in [5.41, 5.74) is 0.855. The Bertz CT molecular complexity index is 262. The fraction of sp³-hybridized carbons (Fsp3) is 0.125. The molecule has 0 spiro atoms. The first kappa shape index (κ1) is 9.00. The van der Waals surface area contributed by atoms with Crippen LogP contribution in [-0.4, -0.2) is 6.29 Å². The van der Waals surface area contributed by atoms with Crippen LogP contribution in [0.2, 0.25) is 0 Å². The van der Waals surface area contributed by atoms with Gasteiger partial charge in [-0.05, 0) is 40.3 Å². The monoisotopic (exact) mass is 280 g/mol. The molecule has 3 heteroatoms. The van der Waals surface area contributed by atoms with Crippen molar-refractivity contribution in [2.75, 3.05) is 0 Å². The van der Waals surface area contributed by atoms with Gasteiger partial charge < -0.3 is 4.79 Å². The Hall–Kier alpha value is -0.0900. The smallest absolute Gasteiger partial charge is 0.142 e. The van der Waals surface area contributed by atoms with Crippen LogP contribution >= 0.6 is 34.2 Å². The van der Waals surface area contributed by atoms with E-state index in [1.165, 1.54) is 0 Å². The zero-order valence-electron chi connectivity index (χ0n) is 5.63. The normalized spacial score (nSPS) is 12.5. The Morgan fingerprint density at radius 1 is 1.55 bits per heavy atom. The van der Waals surface area contributed by atoms with Crippen molar-refractivity contribution in [3.8, 4) is 0 Å². The van der Waals surface area contributed by atoms with Crippen molar-refractivity contribution in [3.63, 3.8) is 0 Å². The SMILES string of the molecule is O=CC(Cl)c1cccc(I)c1. The highest BCUT2D eigenvalue weighted by Crippen LogP contribution is 2.19. The molecule has 0 aliphatic carbocycles. The summed E-state index contributed by atoms with van der Waals surface area (Å²) in [6, 6.07) is 7.58. The third-order valence-electron chi connectivity index (χ3n) is 1.29. The zero-order valence-corrected chi connectivity index (χ0v) is 8.54. The van der Waals surface area contributed by atoms with E-state index in [4.69, 9.17) is 11.6 Å². The molecular weight excluding hydrogens is 274 g/mol. The van der Waals surface area contributed by atoms with Crippen molar-refractivity contribution >= 4 is 40.5 Å². The molecule has 0 saturated heterocycles. The first-order valence-electron chi connectivity index (χ1n) is 3.09. The fourth-order valence-electron chi connectivity index (χ4n) is 0.757. The Balaban J connectivity index is 2.95. The van der Waals surface area contributed by atoms with E-state index in [-0.39, 0.29) is 0 Å². The van der Waals surface area contributed by atoms with E-state index < -0.39 is 5.38 Å². The molecule has 11 heavy (non-hydrogen) atoms. The van der Waals surface area contributed by atoms with Gasteiger partial charge in [0, 0.05) is 3.57 Å². The van der Waals surface area contributed by atoms with Crippen molar-refractivity contribution in [2.24, 2.45) is 0 Å². The van der Waals surface area contributed by atoms with Crippen molar-refractivity contribution in [3.05, 3.63) is 33.4 Å². The van der Waals surface area contributed by atoms with Crippen molar-refractivity contribution < 1.29 is 4.79 Å². The van der Waals surface area contributed by atoms with Gasteiger partial charge in [0.05, 0.1) is 0 Å². The lowest BCUT2D eigenvalue weighted by Crippen LogP contribution is -1.90. The minimum absolute atomic E-state index is 0.510. The minimum Gasteiger partial charge on any atom is -0.301 e. The van der Waals surface area contributed by atoms with Gasteiger partial charge in [0.25, 0.3) is 0 Å². The van der Waals surface area contributed by atoms with Crippen LogP contribution in [0.15, 0.2) is 24.3 Å². The van der Waals surface area contributed by atoms with Gasteiger partial charge in [0.1, 0.15) is 11.7 Å². The van der Waals surface area contributed by atoms with Crippen LogP contribution < -0.4 is 0 Å². The molecule has 0 fully saturated rings. The molecule has 0 aliphatic rings. The topological polar surface area (TPSA) is 17.1 Å². The summed E-state index contributed by atoms with van der Waals surface area (Å²) in [6.07, 6.45) is 0.729. The van der Waals surface area contributed by atoms with Gasteiger partial charge in [-0.25, -0.2) is 0 Å². The van der Waals surface area contributed by atoms with E-state index in [2.05, 4.69) is 22.6 Å². The van der Waals surface area contributed by atoms with E-state index in [1.54, 1.807) is 0 Å². The summed E-state index contributed by atoms with van der Waals surface area (Å²) in [7, 11) is 0. The summed E-state index contributed by atoms with van der Waals surface area (Å²) >= 11 is 7.87. The Morgan fingerprint density at radius 3 is 2.82 bits per heavy atom. The predicted octanol–water partition coefficient (Wildman–Crippen LogP) is 2.77. The first-order chi connectivity index (χ1) is 5.24. The summed E-state index contributed by atoms with van der Waals surface area (Å²) in [6.45, 7) is 0. The largest absolute Gasteiger partial charge is 0.301 e. The maximum atomic E-state index is 10.3. The van der Waals surface area contributed by atoms with Gasteiger partial charge in [-0.2, -0.15) is 0 Å². The van der Waals surface area contributed by atoms with Crippen LogP contribution in [0.4, 0.5) is 0 Å². The van der Waals surface area contributed by atoms with Gasteiger partial charge in [-0.15, -0.1) is 11.6 Å². The molecular formula is C8H6ClIO. The molecule has 1 unspecified atom stereocenters. The number of benzene rings is 1. The number of hydrogen-bond acceptors (Lipinski definition) is 1. The molecule has 0 radical (unpaired) electrons. The third kappa shape index (κ3) is 2.45. The van der Waals surface area contributed by atoms with Crippen molar-refractivity contribution in [1.29, 1.82) is 0 Å². The average molecular weight is 280 g/mol. The second kappa shape index (κ2) is 4.07. The molecule has 0 bridgehead atoms. The van der Waals surface area contributed by atoms with Crippen LogP contribution in [0, 0.1) is 3.57 Å². The highest BCUT2D eigenvalue weighted by atomic mass is 127. The quantitative estimate of drug-likeness (QED) is 0.462. The Labute approximate surface area is 83.9 Å². The summed E-state index contributed by atoms with van der Waals surface area (Å²) in [5.74, 6) is 0. The lowest BCUT2D eigenvalue weighted by atomic mass is 10.2. The molecule has 1 aromatic carbocycles. The van der Waals surface area contributed by atoms with E-state index in [1.807, 2.05) is 24.3 Å². The van der Waals surface area contributed by atoms with Gasteiger partial charge in [0.2, 0.25) is 0 Å². The van der Waals surface area contributed by atoms with Gasteiger partial charge in [-0.3, -0.25) is 0 Å². The number of alkyl halides is 1. The maximum Gasteiger partial charge on any atom is 0.142 e. The summed E-state index contributed by atoms with van der Waals surface area (Å²) in [4.78, 5) is 10.3. The Kier molecular flexibility index (Phi) is 3.33. The van der Waals surface area contributed by atoms with Gasteiger partial charge >= 0.3 is 0 Å². The third-order valence-corrected chi connectivity index (χ3v) is 2.31. The molecule has 0 amide bonds. The van der Waals surface area contributed by atoms with Crippen molar-refractivity contribution in [1.82, 2.24) is 0 Å². The van der Waals surface area contributed by atoms with Crippen LogP contribution in [0.3, 0.4) is 0 Å². The summed E-state index contributed by atoms with van der Waals surface area (Å²) in [5, 5.41) is -0.510. The zero-order chi connectivity index (χ0) is 8.27. The van der Waals surface area contributed by atoms with Crippen LogP contribution in [0.1, 0.15) is 10.9 Å². The highest BCUT2D eigenvalue weighted by molar-refractivity contribution is 14.1. The average Bonchev–Trinajstić information content (AvgIpc) is 2.03. The second-order valence-electron chi connectivity index (χ2n) is 2.09. The molecule has 1 aromatic rings. The first-order valence-corrected chi connectivity index (χ1v) is 4.60. The summed E-state index contributed by atoms with van der Waals surface area (Å²) < 4.78 is 1.09. The number of hydrogen-bond donors (Lipinski definition) is 0. The maximum absolute atomic E-state index is 10.3. The molecule has 0 aliphatic heterocycles. The predicted molar refractivity (Wildman–Crippen MR) is 53.8 cm³/mol. The van der Waals surface area contributed by atoms with Crippen LogP contribution in [0.25, 0.3) is 0 Å². The van der Waals surface area contributed by atoms with E-state index in [0.717, 1.165) is 15.4 Å². The number of halogens is 2. The number of carbonyl (C=O) groups is 1. The lowest BCUT2D eigenvalue weighted by molar-refractivity contribution is -0.107. The Morgan fingerprint density at radius 2 is 2.27 bits per heavy atom. The van der Waals surface area contributed by atoms with E-state index in [0.29, 0.717) is 0 Å². The molecule has 58 valence electrons. The molecule has 1 rings (SSSR count). The van der Waals surface area contributed by atoms with Crippen LogP contribution in [-0.2, 0) is 4.79 Å². The molecule has 1 atom stereocenters. The standard InChI is InChI=1S/C8H6ClIO/c9-8(5-11)6-2-1-3-7(10)4-6/h1-5,8H. The second-order valence-corrected chi connectivity index (χ2v) is 3.81. The molecule has 1 nitrogen and oxygen atoms in total. The van der Waals surface area contributed by atoms with Crippen LogP contribution in [0.5, 0.6) is 0 Å². The molecule has 0 aromatic heterocycles. The number of rotatable bonds is 2. The molecule has 0 saturated carbocycles. The highest BCUT2D eigenvalue weighted by Gasteiger charge is 2.04. The van der Waals surface area contributed by atoms with Gasteiger partial charge in [-0.1, -0.05) is 12.1 Å². The van der Waals surface area contributed by atoms with E-state index in [9.17, 15) is 4.79 Å². The number of carbonyl (C=O) groups excluding carboxylic acids is 1. The van der Waals surface area contributed by atoms with Crippen molar-refractivity contribution in [2.45, 2.75) is 5.38 Å². The lowest BCUT2D eigenvalue weighted by Gasteiger charge is -2.00. The van der Waals surface area contributed by atoms with E-state index >= 15 is 0 Å². The molecule has 0 heterocycles.